The molecule has 0 bridgehead atoms. The average Bonchev–Trinajstić information content (AvgIpc) is 3.07. The fourth-order valence-corrected chi connectivity index (χ4v) is 15.2. The molecule has 0 N–H and O–H groups in total. The first kappa shape index (κ1) is 38.3. The summed E-state index contributed by atoms with van der Waals surface area (Å²) in [5.74, 6) is -0.490. The SMILES string of the molecule is CC(C)(C)[Si](OCC(=O)CC#N)(c1ccccc1)c1ccccc1.CCOC(=O)CO[Si](c1ccccc1)(c1ccccc1)C(C)(C)C. The van der Waals surface area contributed by atoms with Gasteiger partial charge in [0.05, 0.1) is 25.7 Å². The summed E-state index contributed by atoms with van der Waals surface area (Å²) in [7, 11) is -5.31. The standard InChI is InChI=1S/C20H23NO2Si.C20H26O3Si/c1-20(2,3)24(18-10-6-4-7-11-18,19-12-8-5-9-13-19)23-16-17(22)14-15-21;1-5-22-19(21)16-23-24(20(2,3)4,17-12-8-6-9-13-17)18-14-10-7-11-15-18/h4-13H,14,16H2,1-3H3;6-15H,5,16H2,1-4H3. The number of hydrogen-bond acceptors (Lipinski definition) is 6. The third-order valence-electron chi connectivity index (χ3n) is 8.27. The van der Waals surface area contributed by atoms with Crippen LogP contribution in [0.15, 0.2) is 121 Å². The molecule has 0 atom stereocenters. The Hall–Kier alpha value is -4.14. The van der Waals surface area contributed by atoms with Gasteiger partial charge in [0.25, 0.3) is 16.6 Å². The molecular formula is C40H49NO5Si2. The van der Waals surface area contributed by atoms with Crippen molar-refractivity contribution in [3.05, 3.63) is 121 Å². The van der Waals surface area contributed by atoms with Crippen LogP contribution >= 0.6 is 0 Å². The summed E-state index contributed by atoms with van der Waals surface area (Å²) in [6.45, 7) is 15.2. The Morgan fingerprint density at radius 1 is 0.583 bits per heavy atom. The number of rotatable bonds is 12. The molecule has 0 heterocycles. The summed E-state index contributed by atoms with van der Waals surface area (Å²) < 4.78 is 17.9. The number of hydrogen-bond donors (Lipinski definition) is 0. The molecule has 4 rings (SSSR count). The van der Waals surface area contributed by atoms with E-state index in [2.05, 4.69) is 90.1 Å². The molecule has 0 fully saturated rings. The number of Topliss-reactive ketones (excluding diaryl/α,β-unsaturated/α-hetero) is 1. The maximum Gasteiger partial charge on any atom is 0.330 e. The topological polar surface area (TPSA) is 85.6 Å². The number of nitriles is 1. The van der Waals surface area contributed by atoms with Gasteiger partial charge < -0.3 is 13.6 Å². The van der Waals surface area contributed by atoms with Crippen LogP contribution in [0.1, 0.15) is 54.9 Å². The van der Waals surface area contributed by atoms with Crippen LogP contribution in [0.4, 0.5) is 0 Å². The Morgan fingerprint density at radius 2 is 0.896 bits per heavy atom. The largest absolute Gasteiger partial charge is 0.464 e. The number of benzene rings is 4. The minimum Gasteiger partial charge on any atom is -0.464 e. The normalized spacial score (nSPS) is 11.9. The Bertz CT molecular complexity index is 1530. The summed E-state index contributed by atoms with van der Waals surface area (Å²) in [5.41, 5.74) is 0. The second-order valence-corrected chi connectivity index (χ2v) is 22.2. The van der Waals surface area contributed by atoms with Gasteiger partial charge in [0.1, 0.15) is 6.61 Å². The summed E-state index contributed by atoms with van der Waals surface area (Å²) in [6, 6.07) is 42.8. The van der Waals surface area contributed by atoms with Crippen molar-refractivity contribution in [3.63, 3.8) is 0 Å². The molecule has 4 aromatic rings. The molecule has 0 aromatic heterocycles. The predicted molar refractivity (Wildman–Crippen MR) is 199 cm³/mol. The maximum absolute atomic E-state index is 12.0. The van der Waals surface area contributed by atoms with E-state index in [0.29, 0.717) is 6.61 Å². The highest BCUT2D eigenvalue weighted by molar-refractivity contribution is 7.00. The van der Waals surface area contributed by atoms with Gasteiger partial charge in [-0.3, -0.25) is 4.79 Å². The number of esters is 1. The first-order valence-corrected chi connectivity index (χ1v) is 20.2. The third-order valence-corrected chi connectivity index (χ3v) is 18.2. The zero-order valence-corrected chi connectivity index (χ0v) is 31.4. The van der Waals surface area contributed by atoms with Crippen molar-refractivity contribution in [2.45, 2.75) is 65.0 Å². The Kier molecular flexibility index (Phi) is 13.8. The van der Waals surface area contributed by atoms with Crippen LogP contribution in [0.3, 0.4) is 0 Å². The van der Waals surface area contributed by atoms with Gasteiger partial charge in [-0.1, -0.05) is 163 Å². The number of carbonyl (C=O) groups is 2. The zero-order valence-electron chi connectivity index (χ0n) is 29.4. The third kappa shape index (κ3) is 9.06. The quantitative estimate of drug-likeness (QED) is 0.132. The summed E-state index contributed by atoms with van der Waals surface area (Å²) in [4.78, 5) is 23.9. The molecule has 0 unspecified atom stereocenters. The highest BCUT2D eigenvalue weighted by atomic mass is 28.4. The molecule has 0 radical (unpaired) electrons. The fourth-order valence-electron chi connectivity index (χ4n) is 6.22. The highest BCUT2D eigenvalue weighted by Crippen LogP contribution is 2.37. The molecule has 8 heteroatoms. The van der Waals surface area contributed by atoms with Gasteiger partial charge in [-0.15, -0.1) is 0 Å². The number of nitrogens with zero attached hydrogens (tertiary/aromatic N) is 1. The summed E-state index contributed by atoms with van der Waals surface area (Å²) >= 11 is 0. The van der Waals surface area contributed by atoms with Gasteiger partial charge in [0.2, 0.25) is 0 Å². The summed E-state index contributed by atoms with van der Waals surface area (Å²) in [5, 5.41) is 13.0. The van der Waals surface area contributed by atoms with E-state index in [1.807, 2.05) is 78.9 Å². The minimum absolute atomic E-state index is 0.0267. The van der Waals surface area contributed by atoms with Gasteiger partial charge in [-0.2, -0.15) is 5.26 Å². The zero-order chi connectivity index (χ0) is 35.3. The maximum atomic E-state index is 12.0. The molecular weight excluding hydrogens is 631 g/mol. The van der Waals surface area contributed by atoms with Gasteiger partial charge in [-0.25, -0.2) is 4.79 Å². The molecule has 252 valence electrons. The lowest BCUT2D eigenvalue weighted by Gasteiger charge is -2.42. The monoisotopic (exact) mass is 679 g/mol. The number of ketones is 1. The first-order chi connectivity index (χ1) is 22.8. The van der Waals surface area contributed by atoms with Crippen LogP contribution in [0.25, 0.3) is 0 Å². The van der Waals surface area contributed by atoms with Crippen LogP contribution in [0, 0.1) is 11.3 Å². The number of carbonyl (C=O) groups excluding carboxylic acids is 2. The lowest BCUT2D eigenvalue weighted by Crippen LogP contribution is -2.67. The Labute approximate surface area is 289 Å². The first-order valence-electron chi connectivity index (χ1n) is 16.4. The van der Waals surface area contributed by atoms with E-state index in [0.717, 1.165) is 20.7 Å². The minimum atomic E-state index is -2.67. The van der Waals surface area contributed by atoms with Crippen molar-refractivity contribution in [1.82, 2.24) is 0 Å². The van der Waals surface area contributed by atoms with Gasteiger partial charge in [0.15, 0.2) is 5.78 Å². The summed E-state index contributed by atoms with van der Waals surface area (Å²) in [6.07, 6.45) is -0.113. The van der Waals surface area contributed by atoms with Crippen LogP contribution in [0.2, 0.25) is 10.1 Å². The smallest absolute Gasteiger partial charge is 0.330 e. The molecule has 0 aliphatic rings. The van der Waals surface area contributed by atoms with Crippen molar-refractivity contribution in [2.75, 3.05) is 19.8 Å². The Balaban J connectivity index is 0.000000260. The van der Waals surface area contributed by atoms with Crippen molar-refractivity contribution in [2.24, 2.45) is 0 Å². The lowest BCUT2D eigenvalue weighted by atomic mass is 10.2. The molecule has 6 nitrogen and oxygen atoms in total. The molecule has 4 aromatic carbocycles. The van der Waals surface area contributed by atoms with Crippen molar-refractivity contribution >= 4 is 49.1 Å². The predicted octanol–water partition coefficient (Wildman–Crippen LogP) is 6.17. The molecule has 0 saturated carbocycles. The molecule has 0 amide bonds. The van der Waals surface area contributed by atoms with Crippen LogP contribution in [-0.2, 0) is 23.2 Å². The molecule has 0 spiro atoms. The van der Waals surface area contributed by atoms with Crippen LogP contribution in [0.5, 0.6) is 0 Å². The van der Waals surface area contributed by atoms with Gasteiger partial charge in [-0.05, 0) is 37.7 Å². The van der Waals surface area contributed by atoms with Crippen LogP contribution in [-0.4, -0.2) is 48.2 Å². The number of ether oxygens (including phenoxy) is 1. The lowest BCUT2D eigenvalue weighted by molar-refractivity contribution is -0.145. The van der Waals surface area contributed by atoms with Crippen molar-refractivity contribution < 1.29 is 23.2 Å². The van der Waals surface area contributed by atoms with Crippen molar-refractivity contribution in [1.29, 1.82) is 5.26 Å². The van der Waals surface area contributed by atoms with E-state index < -0.39 is 16.6 Å². The highest BCUT2D eigenvalue weighted by Gasteiger charge is 2.51. The second-order valence-electron chi connectivity index (χ2n) is 13.6. The van der Waals surface area contributed by atoms with E-state index >= 15 is 0 Å². The van der Waals surface area contributed by atoms with E-state index in [1.165, 1.54) is 0 Å². The van der Waals surface area contributed by atoms with Crippen molar-refractivity contribution in [3.8, 4) is 6.07 Å². The van der Waals surface area contributed by atoms with E-state index in [9.17, 15) is 9.59 Å². The molecule has 0 aliphatic carbocycles. The Morgan fingerprint density at radius 3 is 1.17 bits per heavy atom. The van der Waals surface area contributed by atoms with Gasteiger partial charge >= 0.3 is 5.97 Å². The molecule has 48 heavy (non-hydrogen) atoms. The fraction of sp³-hybridized carbons (Fsp3) is 0.325. The second kappa shape index (κ2) is 17.3. The average molecular weight is 680 g/mol. The van der Waals surface area contributed by atoms with Gasteiger partial charge in [0, 0.05) is 0 Å². The molecule has 0 aliphatic heterocycles. The van der Waals surface area contributed by atoms with E-state index in [1.54, 1.807) is 6.92 Å². The molecule has 0 saturated heterocycles. The van der Waals surface area contributed by atoms with E-state index in [-0.39, 0.29) is 41.5 Å². The van der Waals surface area contributed by atoms with Crippen LogP contribution < -0.4 is 20.7 Å². The van der Waals surface area contributed by atoms with E-state index in [4.69, 9.17) is 18.9 Å².